The van der Waals surface area contributed by atoms with Crippen molar-refractivity contribution in [3.63, 3.8) is 0 Å². The minimum atomic E-state index is 0.0688. The minimum absolute atomic E-state index is 0.0688. The van der Waals surface area contributed by atoms with E-state index >= 15 is 0 Å². The molecule has 4 heteroatoms. The van der Waals surface area contributed by atoms with Crippen molar-refractivity contribution < 1.29 is 9.53 Å². The SMILES string of the molecule is CC(C)COc1ccccc1NC(=O)CC1CCNC1. The van der Waals surface area contributed by atoms with E-state index in [0.29, 0.717) is 24.9 Å². The molecule has 0 bridgehead atoms. The maximum atomic E-state index is 12.1. The van der Waals surface area contributed by atoms with Gasteiger partial charge in [-0.25, -0.2) is 0 Å². The molecular weight excluding hydrogens is 252 g/mol. The van der Waals surface area contributed by atoms with Crippen LogP contribution in [0.1, 0.15) is 26.7 Å². The lowest BCUT2D eigenvalue weighted by Crippen LogP contribution is -2.19. The Morgan fingerprint density at radius 1 is 1.45 bits per heavy atom. The highest BCUT2D eigenvalue weighted by molar-refractivity contribution is 5.92. The number of carbonyl (C=O) groups excluding carboxylic acids is 1. The van der Waals surface area contributed by atoms with E-state index in [-0.39, 0.29) is 5.91 Å². The van der Waals surface area contributed by atoms with Gasteiger partial charge in [0.1, 0.15) is 5.75 Å². The Labute approximate surface area is 120 Å². The lowest BCUT2D eigenvalue weighted by Gasteiger charge is -2.14. The molecule has 1 heterocycles. The molecule has 20 heavy (non-hydrogen) atoms. The highest BCUT2D eigenvalue weighted by Crippen LogP contribution is 2.25. The number of hydrogen-bond donors (Lipinski definition) is 2. The Kier molecular flexibility index (Phi) is 5.41. The number of carbonyl (C=O) groups is 1. The first-order valence-electron chi connectivity index (χ1n) is 7.37. The predicted octanol–water partition coefficient (Wildman–Crippen LogP) is 2.66. The summed E-state index contributed by atoms with van der Waals surface area (Å²) in [6, 6.07) is 7.62. The summed E-state index contributed by atoms with van der Waals surface area (Å²) >= 11 is 0. The van der Waals surface area contributed by atoms with Crippen LogP contribution in [0.25, 0.3) is 0 Å². The average Bonchev–Trinajstić information content (AvgIpc) is 2.90. The Hall–Kier alpha value is -1.55. The van der Waals surface area contributed by atoms with E-state index in [2.05, 4.69) is 24.5 Å². The first-order chi connectivity index (χ1) is 9.65. The van der Waals surface area contributed by atoms with Crippen molar-refractivity contribution in [2.45, 2.75) is 26.7 Å². The summed E-state index contributed by atoms with van der Waals surface area (Å²) in [6.45, 7) is 6.83. The second-order valence-electron chi connectivity index (χ2n) is 5.81. The van der Waals surface area contributed by atoms with Crippen LogP contribution in [0.15, 0.2) is 24.3 Å². The van der Waals surface area contributed by atoms with Crippen LogP contribution in [0.3, 0.4) is 0 Å². The Morgan fingerprint density at radius 2 is 2.25 bits per heavy atom. The van der Waals surface area contributed by atoms with Crippen LogP contribution in [-0.2, 0) is 4.79 Å². The molecular formula is C16H24N2O2. The number of para-hydroxylation sites is 2. The van der Waals surface area contributed by atoms with E-state index in [1.165, 1.54) is 0 Å². The van der Waals surface area contributed by atoms with Gasteiger partial charge in [0.2, 0.25) is 5.91 Å². The molecule has 0 spiro atoms. The van der Waals surface area contributed by atoms with Gasteiger partial charge < -0.3 is 15.4 Å². The van der Waals surface area contributed by atoms with Gasteiger partial charge >= 0.3 is 0 Å². The van der Waals surface area contributed by atoms with Gasteiger partial charge in [0, 0.05) is 6.42 Å². The second-order valence-corrected chi connectivity index (χ2v) is 5.81. The van der Waals surface area contributed by atoms with Gasteiger partial charge in [-0.1, -0.05) is 26.0 Å². The maximum absolute atomic E-state index is 12.1. The molecule has 1 fully saturated rings. The largest absolute Gasteiger partial charge is 0.491 e. The van der Waals surface area contributed by atoms with Crippen molar-refractivity contribution in [3.05, 3.63) is 24.3 Å². The van der Waals surface area contributed by atoms with Crippen molar-refractivity contribution in [2.75, 3.05) is 25.0 Å². The molecule has 0 saturated carbocycles. The smallest absolute Gasteiger partial charge is 0.224 e. The summed E-state index contributed by atoms with van der Waals surface area (Å²) in [5.74, 6) is 1.74. The number of rotatable bonds is 6. The second kappa shape index (κ2) is 7.29. The highest BCUT2D eigenvalue weighted by atomic mass is 16.5. The van der Waals surface area contributed by atoms with Crippen molar-refractivity contribution in [2.24, 2.45) is 11.8 Å². The van der Waals surface area contributed by atoms with E-state index in [4.69, 9.17) is 4.74 Å². The van der Waals surface area contributed by atoms with Crippen LogP contribution in [0, 0.1) is 11.8 Å². The molecule has 1 aliphatic rings. The number of nitrogens with one attached hydrogen (secondary N) is 2. The molecule has 0 radical (unpaired) electrons. The molecule has 0 aromatic heterocycles. The van der Waals surface area contributed by atoms with E-state index in [1.54, 1.807) is 0 Å². The van der Waals surface area contributed by atoms with Crippen LogP contribution in [-0.4, -0.2) is 25.6 Å². The zero-order valence-electron chi connectivity index (χ0n) is 12.3. The molecule has 1 aromatic rings. The Bertz CT molecular complexity index is 440. The zero-order valence-corrected chi connectivity index (χ0v) is 12.3. The van der Waals surface area contributed by atoms with Gasteiger partial charge in [0.25, 0.3) is 0 Å². The minimum Gasteiger partial charge on any atom is -0.491 e. The topological polar surface area (TPSA) is 50.4 Å². The zero-order chi connectivity index (χ0) is 14.4. The van der Waals surface area contributed by atoms with Crippen LogP contribution in [0.4, 0.5) is 5.69 Å². The maximum Gasteiger partial charge on any atom is 0.224 e. The number of amides is 1. The third-order valence-corrected chi connectivity index (χ3v) is 3.37. The number of benzene rings is 1. The lowest BCUT2D eigenvalue weighted by atomic mass is 10.0. The van der Waals surface area contributed by atoms with Gasteiger partial charge in [-0.15, -0.1) is 0 Å². The molecule has 2 N–H and O–H groups in total. The van der Waals surface area contributed by atoms with Crippen molar-refractivity contribution in [1.29, 1.82) is 0 Å². The molecule has 1 saturated heterocycles. The average molecular weight is 276 g/mol. The summed E-state index contributed by atoms with van der Waals surface area (Å²) in [5.41, 5.74) is 0.768. The van der Waals surface area contributed by atoms with E-state index in [0.717, 1.165) is 30.9 Å². The van der Waals surface area contributed by atoms with Crippen molar-refractivity contribution >= 4 is 11.6 Å². The Balaban J connectivity index is 1.91. The van der Waals surface area contributed by atoms with Gasteiger partial charge in [-0.2, -0.15) is 0 Å². The molecule has 1 aromatic carbocycles. The summed E-state index contributed by atoms with van der Waals surface area (Å²) < 4.78 is 5.74. The fourth-order valence-electron chi connectivity index (χ4n) is 2.30. The molecule has 110 valence electrons. The summed E-state index contributed by atoms with van der Waals surface area (Å²) in [6.07, 6.45) is 1.66. The van der Waals surface area contributed by atoms with Gasteiger partial charge in [-0.3, -0.25) is 4.79 Å². The first-order valence-corrected chi connectivity index (χ1v) is 7.37. The summed E-state index contributed by atoms with van der Waals surface area (Å²) in [7, 11) is 0. The van der Waals surface area contributed by atoms with Crippen LogP contribution < -0.4 is 15.4 Å². The molecule has 2 rings (SSSR count). The molecule has 1 amide bonds. The fraction of sp³-hybridized carbons (Fsp3) is 0.562. The van der Waals surface area contributed by atoms with Crippen LogP contribution in [0.5, 0.6) is 5.75 Å². The van der Waals surface area contributed by atoms with Gasteiger partial charge in [0.05, 0.1) is 12.3 Å². The molecule has 1 unspecified atom stereocenters. The summed E-state index contributed by atoms with van der Waals surface area (Å²) in [4.78, 5) is 12.1. The predicted molar refractivity (Wildman–Crippen MR) is 81.0 cm³/mol. The van der Waals surface area contributed by atoms with E-state index < -0.39 is 0 Å². The van der Waals surface area contributed by atoms with Crippen molar-refractivity contribution in [1.82, 2.24) is 5.32 Å². The first kappa shape index (κ1) is 14.9. The van der Waals surface area contributed by atoms with Crippen LogP contribution in [0.2, 0.25) is 0 Å². The highest BCUT2D eigenvalue weighted by Gasteiger charge is 2.18. The normalized spacial score (nSPS) is 18.2. The van der Waals surface area contributed by atoms with Crippen LogP contribution >= 0.6 is 0 Å². The third-order valence-electron chi connectivity index (χ3n) is 3.37. The molecule has 0 aliphatic carbocycles. The molecule has 4 nitrogen and oxygen atoms in total. The monoisotopic (exact) mass is 276 g/mol. The standard InChI is InChI=1S/C16H24N2O2/c1-12(2)11-20-15-6-4-3-5-14(15)18-16(19)9-13-7-8-17-10-13/h3-6,12-13,17H,7-11H2,1-2H3,(H,18,19). The van der Waals surface area contributed by atoms with Gasteiger partial charge in [-0.05, 0) is 43.5 Å². The lowest BCUT2D eigenvalue weighted by molar-refractivity contribution is -0.117. The quantitative estimate of drug-likeness (QED) is 0.840. The number of hydrogen-bond acceptors (Lipinski definition) is 3. The van der Waals surface area contributed by atoms with Crippen molar-refractivity contribution in [3.8, 4) is 5.75 Å². The third kappa shape index (κ3) is 4.53. The number of anilines is 1. The summed E-state index contributed by atoms with van der Waals surface area (Å²) in [5, 5.41) is 6.25. The van der Waals surface area contributed by atoms with E-state index in [1.807, 2.05) is 24.3 Å². The molecule has 1 aliphatic heterocycles. The van der Waals surface area contributed by atoms with E-state index in [9.17, 15) is 4.79 Å². The number of ether oxygens (including phenoxy) is 1. The fourth-order valence-corrected chi connectivity index (χ4v) is 2.30. The van der Waals surface area contributed by atoms with Gasteiger partial charge in [0.15, 0.2) is 0 Å². The molecule has 1 atom stereocenters. The Morgan fingerprint density at radius 3 is 2.95 bits per heavy atom.